The van der Waals surface area contributed by atoms with Crippen molar-refractivity contribution in [3.8, 4) is 0 Å². The van der Waals surface area contributed by atoms with E-state index in [1.54, 1.807) is 24.5 Å². The van der Waals surface area contributed by atoms with Crippen molar-refractivity contribution in [3.63, 3.8) is 0 Å². The molecular weight excluding hydrogens is 276 g/mol. The monoisotopic (exact) mass is 296 g/mol. The van der Waals surface area contributed by atoms with Crippen molar-refractivity contribution in [1.29, 1.82) is 0 Å². The molecular formula is C18H20N2O2. The minimum atomic E-state index is -0.732. The van der Waals surface area contributed by atoms with Gasteiger partial charge in [0, 0.05) is 11.8 Å². The number of ether oxygens (including phenoxy) is 1. The standard InChI is InChI=1S/C18H20N2O2/c1-18(2,10-8-15-9-11-20-12-16(15)19)17(21)22-13-14-6-4-3-5-7-14/h3-12H,13,19H2,1-2H3/b10-8+. The van der Waals surface area contributed by atoms with E-state index < -0.39 is 5.41 Å². The first-order chi connectivity index (χ1) is 10.5. The Kier molecular flexibility index (Phi) is 4.94. The summed E-state index contributed by atoms with van der Waals surface area (Å²) in [7, 11) is 0. The fourth-order valence-corrected chi connectivity index (χ4v) is 1.84. The van der Waals surface area contributed by atoms with E-state index in [1.165, 1.54) is 0 Å². The second-order valence-corrected chi connectivity index (χ2v) is 5.62. The zero-order chi connectivity index (χ0) is 16.0. The SMILES string of the molecule is CC(C)(/C=C/c1ccncc1N)C(=O)OCc1ccccc1. The molecule has 4 heteroatoms. The van der Waals surface area contributed by atoms with Gasteiger partial charge >= 0.3 is 5.97 Å². The molecule has 0 unspecified atom stereocenters. The van der Waals surface area contributed by atoms with E-state index in [2.05, 4.69) is 4.98 Å². The van der Waals surface area contributed by atoms with Gasteiger partial charge in [0.1, 0.15) is 6.61 Å². The summed E-state index contributed by atoms with van der Waals surface area (Å²) < 4.78 is 5.38. The highest BCUT2D eigenvalue weighted by Gasteiger charge is 2.26. The topological polar surface area (TPSA) is 65.2 Å². The lowest BCUT2D eigenvalue weighted by Crippen LogP contribution is -2.24. The molecule has 2 N–H and O–H groups in total. The van der Waals surface area contributed by atoms with E-state index in [9.17, 15) is 4.79 Å². The Morgan fingerprint density at radius 1 is 1.27 bits per heavy atom. The Labute approximate surface area is 130 Å². The molecule has 0 aliphatic rings. The molecule has 0 bridgehead atoms. The minimum absolute atomic E-state index is 0.272. The van der Waals surface area contributed by atoms with Crippen molar-refractivity contribution >= 4 is 17.7 Å². The zero-order valence-corrected chi connectivity index (χ0v) is 12.8. The van der Waals surface area contributed by atoms with Crippen LogP contribution in [-0.2, 0) is 16.1 Å². The van der Waals surface area contributed by atoms with Crippen LogP contribution >= 0.6 is 0 Å². The third-order valence-electron chi connectivity index (χ3n) is 3.31. The number of anilines is 1. The van der Waals surface area contributed by atoms with Crippen LogP contribution in [0.3, 0.4) is 0 Å². The van der Waals surface area contributed by atoms with E-state index in [0.717, 1.165) is 11.1 Å². The Hall–Kier alpha value is -2.62. The maximum absolute atomic E-state index is 12.2. The number of carbonyl (C=O) groups excluding carboxylic acids is 1. The molecule has 0 amide bonds. The van der Waals surface area contributed by atoms with E-state index in [4.69, 9.17) is 10.5 Å². The van der Waals surface area contributed by atoms with E-state index >= 15 is 0 Å². The Morgan fingerprint density at radius 2 is 2.00 bits per heavy atom. The fourth-order valence-electron chi connectivity index (χ4n) is 1.84. The summed E-state index contributed by atoms with van der Waals surface area (Å²) in [4.78, 5) is 16.2. The molecule has 1 aromatic heterocycles. The van der Waals surface area contributed by atoms with Gasteiger partial charge in [0.05, 0.1) is 17.3 Å². The van der Waals surface area contributed by atoms with Gasteiger partial charge in [-0.2, -0.15) is 0 Å². The quantitative estimate of drug-likeness (QED) is 0.858. The van der Waals surface area contributed by atoms with Gasteiger partial charge in [-0.1, -0.05) is 42.5 Å². The summed E-state index contributed by atoms with van der Waals surface area (Å²) >= 11 is 0. The molecule has 0 fully saturated rings. The summed E-state index contributed by atoms with van der Waals surface area (Å²) in [6.45, 7) is 3.90. The molecule has 2 aromatic rings. The van der Waals surface area contributed by atoms with Gasteiger partial charge in [-0.15, -0.1) is 0 Å². The highest BCUT2D eigenvalue weighted by atomic mass is 16.5. The molecule has 0 radical (unpaired) electrons. The first kappa shape index (κ1) is 15.8. The number of carbonyl (C=O) groups is 1. The highest BCUT2D eigenvalue weighted by molar-refractivity contribution is 5.80. The number of nitrogens with zero attached hydrogens (tertiary/aromatic N) is 1. The van der Waals surface area contributed by atoms with Gasteiger partial charge in [0.25, 0.3) is 0 Å². The number of nitrogens with two attached hydrogens (primary N) is 1. The summed E-state index contributed by atoms with van der Waals surface area (Å²) in [5.41, 5.74) is 7.47. The molecule has 0 saturated carbocycles. The molecule has 0 aliphatic heterocycles. The fraction of sp³-hybridized carbons (Fsp3) is 0.222. The predicted molar refractivity (Wildman–Crippen MR) is 87.7 cm³/mol. The average Bonchev–Trinajstić information content (AvgIpc) is 2.53. The number of hydrogen-bond donors (Lipinski definition) is 1. The first-order valence-corrected chi connectivity index (χ1v) is 7.09. The lowest BCUT2D eigenvalue weighted by Gasteiger charge is -2.18. The Balaban J connectivity index is 2.00. The molecule has 114 valence electrons. The zero-order valence-electron chi connectivity index (χ0n) is 12.8. The largest absolute Gasteiger partial charge is 0.460 e. The van der Waals surface area contributed by atoms with Crippen molar-refractivity contribution < 1.29 is 9.53 Å². The third kappa shape index (κ3) is 4.19. The maximum Gasteiger partial charge on any atom is 0.315 e. The van der Waals surface area contributed by atoms with Gasteiger partial charge in [0.15, 0.2) is 0 Å². The van der Waals surface area contributed by atoms with Crippen LogP contribution in [0.25, 0.3) is 6.08 Å². The molecule has 2 rings (SSSR count). The summed E-state index contributed by atoms with van der Waals surface area (Å²) in [6.07, 6.45) is 6.87. The second-order valence-electron chi connectivity index (χ2n) is 5.62. The number of rotatable bonds is 5. The van der Waals surface area contributed by atoms with Crippen molar-refractivity contribution in [2.45, 2.75) is 20.5 Å². The third-order valence-corrected chi connectivity index (χ3v) is 3.31. The van der Waals surface area contributed by atoms with Crippen LogP contribution in [0.4, 0.5) is 5.69 Å². The number of esters is 1. The van der Waals surface area contributed by atoms with Crippen LogP contribution in [-0.4, -0.2) is 11.0 Å². The lowest BCUT2D eigenvalue weighted by atomic mass is 9.92. The van der Waals surface area contributed by atoms with Crippen molar-refractivity contribution in [2.24, 2.45) is 5.41 Å². The smallest absolute Gasteiger partial charge is 0.315 e. The van der Waals surface area contributed by atoms with Gasteiger partial charge in [-0.05, 0) is 25.5 Å². The molecule has 0 atom stereocenters. The summed E-state index contributed by atoms with van der Waals surface area (Å²) in [5, 5.41) is 0. The molecule has 1 aromatic carbocycles. The van der Waals surface area contributed by atoms with E-state index in [-0.39, 0.29) is 12.6 Å². The second kappa shape index (κ2) is 6.89. The van der Waals surface area contributed by atoms with Crippen molar-refractivity contribution in [1.82, 2.24) is 4.98 Å². The van der Waals surface area contributed by atoms with Gasteiger partial charge in [0.2, 0.25) is 0 Å². The Bertz CT molecular complexity index is 664. The normalized spacial score (nSPS) is 11.5. The number of aromatic nitrogens is 1. The first-order valence-electron chi connectivity index (χ1n) is 7.09. The van der Waals surface area contributed by atoms with Gasteiger partial charge < -0.3 is 10.5 Å². The van der Waals surface area contributed by atoms with Gasteiger partial charge in [-0.3, -0.25) is 9.78 Å². The number of benzene rings is 1. The number of hydrogen-bond acceptors (Lipinski definition) is 4. The van der Waals surface area contributed by atoms with Crippen molar-refractivity contribution in [2.75, 3.05) is 5.73 Å². The molecule has 0 saturated heterocycles. The molecule has 22 heavy (non-hydrogen) atoms. The minimum Gasteiger partial charge on any atom is -0.460 e. The van der Waals surface area contributed by atoms with Crippen LogP contribution in [0.5, 0.6) is 0 Å². The number of pyridine rings is 1. The van der Waals surface area contributed by atoms with Crippen molar-refractivity contribution in [3.05, 3.63) is 66.0 Å². The summed E-state index contributed by atoms with van der Waals surface area (Å²) in [6, 6.07) is 11.4. The molecule has 1 heterocycles. The Morgan fingerprint density at radius 3 is 2.68 bits per heavy atom. The predicted octanol–water partition coefficient (Wildman–Crippen LogP) is 3.45. The van der Waals surface area contributed by atoms with Gasteiger partial charge in [-0.25, -0.2) is 0 Å². The summed E-state index contributed by atoms with van der Waals surface area (Å²) in [5.74, 6) is -0.278. The van der Waals surface area contributed by atoms with Crippen LogP contribution < -0.4 is 5.73 Å². The highest BCUT2D eigenvalue weighted by Crippen LogP contribution is 2.23. The van der Waals surface area contributed by atoms with E-state index in [0.29, 0.717) is 5.69 Å². The van der Waals surface area contributed by atoms with Crippen LogP contribution in [0.1, 0.15) is 25.0 Å². The molecule has 0 aliphatic carbocycles. The van der Waals surface area contributed by atoms with Crippen LogP contribution in [0.15, 0.2) is 54.9 Å². The lowest BCUT2D eigenvalue weighted by molar-refractivity contribution is -0.152. The maximum atomic E-state index is 12.2. The van der Waals surface area contributed by atoms with Crippen LogP contribution in [0, 0.1) is 5.41 Å². The molecule has 4 nitrogen and oxygen atoms in total. The van der Waals surface area contributed by atoms with Crippen LogP contribution in [0.2, 0.25) is 0 Å². The van der Waals surface area contributed by atoms with E-state index in [1.807, 2.05) is 50.3 Å². The molecule has 0 spiro atoms. The average molecular weight is 296 g/mol. The number of nitrogen functional groups attached to an aromatic ring is 1.